The van der Waals surface area contributed by atoms with E-state index in [1.807, 2.05) is 0 Å². The van der Waals surface area contributed by atoms with Crippen molar-refractivity contribution in [1.29, 1.82) is 0 Å². The van der Waals surface area contributed by atoms with E-state index in [0.717, 1.165) is 11.1 Å². The zero-order valence-electron chi connectivity index (χ0n) is 8.45. The summed E-state index contributed by atoms with van der Waals surface area (Å²) in [4.78, 5) is 3.99. The lowest BCUT2D eigenvalue weighted by Gasteiger charge is -2.05. The van der Waals surface area contributed by atoms with Gasteiger partial charge in [-0.05, 0) is 29.3 Å². The zero-order valence-corrected chi connectivity index (χ0v) is 9.21. The smallest absolute Gasteiger partial charge is 0.141 e. The van der Waals surface area contributed by atoms with Crippen LogP contribution in [0.2, 0.25) is 5.02 Å². The van der Waals surface area contributed by atoms with Gasteiger partial charge in [-0.15, -0.1) is 0 Å². The predicted octanol–water partition coefficient (Wildman–Crippen LogP) is 3.05. The number of nitrogens with zero attached hydrogens (tertiary/aromatic N) is 1. The first-order valence-corrected chi connectivity index (χ1v) is 5.17. The highest BCUT2D eigenvalue weighted by Gasteiger charge is 2.04. The summed E-state index contributed by atoms with van der Waals surface area (Å²) in [6.07, 6.45) is 3.93. The van der Waals surface area contributed by atoms with E-state index in [1.165, 1.54) is 6.07 Å². The average Bonchev–Trinajstić information content (AvgIpc) is 2.27. The van der Waals surface area contributed by atoms with Crippen molar-refractivity contribution in [3.8, 4) is 0 Å². The number of hydrogen-bond donors (Lipinski definition) is 1. The molecule has 16 heavy (non-hydrogen) atoms. The molecule has 1 heterocycles. The molecule has 1 aromatic carbocycles. The van der Waals surface area contributed by atoms with Gasteiger partial charge in [0.2, 0.25) is 0 Å². The maximum absolute atomic E-state index is 12.9. The summed E-state index contributed by atoms with van der Waals surface area (Å²) < 4.78 is 12.9. The van der Waals surface area contributed by atoms with Crippen LogP contribution in [0.25, 0.3) is 0 Å². The minimum absolute atomic E-state index is 0.125. The second kappa shape index (κ2) is 4.49. The SMILES string of the molecule is Nc1ccncc1Cc1ccc(F)c(Cl)c1. The van der Waals surface area contributed by atoms with Crippen molar-refractivity contribution in [3.05, 3.63) is 58.6 Å². The van der Waals surface area contributed by atoms with Crippen molar-refractivity contribution < 1.29 is 4.39 Å². The van der Waals surface area contributed by atoms with Crippen molar-refractivity contribution >= 4 is 17.3 Å². The fourth-order valence-electron chi connectivity index (χ4n) is 1.46. The van der Waals surface area contributed by atoms with Gasteiger partial charge in [0.25, 0.3) is 0 Å². The number of halogens is 2. The Balaban J connectivity index is 2.28. The topological polar surface area (TPSA) is 38.9 Å². The van der Waals surface area contributed by atoms with Crippen molar-refractivity contribution in [2.24, 2.45) is 0 Å². The van der Waals surface area contributed by atoms with E-state index in [-0.39, 0.29) is 5.02 Å². The molecule has 0 fully saturated rings. The molecule has 82 valence electrons. The van der Waals surface area contributed by atoms with Crippen LogP contribution in [0.15, 0.2) is 36.7 Å². The molecular weight excluding hydrogens is 227 g/mol. The lowest BCUT2D eigenvalue weighted by molar-refractivity contribution is 0.627. The molecule has 0 radical (unpaired) electrons. The van der Waals surface area contributed by atoms with Gasteiger partial charge < -0.3 is 5.73 Å². The molecule has 0 saturated carbocycles. The molecular formula is C12H10ClFN2. The quantitative estimate of drug-likeness (QED) is 0.871. The minimum atomic E-state index is -0.412. The molecule has 2 N–H and O–H groups in total. The number of hydrogen-bond acceptors (Lipinski definition) is 2. The van der Waals surface area contributed by atoms with Gasteiger partial charge in [-0.25, -0.2) is 4.39 Å². The molecule has 0 unspecified atom stereocenters. The van der Waals surface area contributed by atoms with E-state index >= 15 is 0 Å². The van der Waals surface area contributed by atoms with E-state index in [9.17, 15) is 4.39 Å². The van der Waals surface area contributed by atoms with Gasteiger partial charge in [-0.1, -0.05) is 17.7 Å². The van der Waals surface area contributed by atoms with Crippen molar-refractivity contribution in [2.75, 3.05) is 5.73 Å². The summed E-state index contributed by atoms with van der Waals surface area (Å²) in [6.45, 7) is 0. The number of anilines is 1. The second-order valence-electron chi connectivity index (χ2n) is 3.50. The number of benzene rings is 1. The Morgan fingerprint density at radius 3 is 2.81 bits per heavy atom. The molecule has 0 aliphatic rings. The number of rotatable bonds is 2. The Morgan fingerprint density at radius 2 is 2.12 bits per heavy atom. The van der Waals surface area contributed by atoms with Crippen molar-refractivity contribution in [1.82, 2.24) is 4.98 Å². The van der Waals surface area contributed by atoms with Crippen LogP contribution in [0.4, 0.5) is 10.1 Å². The first kappa shape index (κ1) is 10.9. The highest BCUT2D eigenvalue weighted by atomic mass is 35.5. The number of nitrogen functional groups attached to an aromatic ring is 1. The van der Waals surface area contributed by atoms with Crippen LogP contribution >= 0.6 is 11.6 Å². The summed E-state index contributed by atoms with van der Waals surface area (Å²) in [5.74, 6) is -0.412. The van der Waals surface area contributed by atoms with Gasteiger partial charge in [0.15, 0.2) is 0 Å². The minimum Gasteiger partial charge on any atom is -0.398 e. The lowest BCUT2D eigenvalue weighted by atomic mass is 10.1. The summed E-state index contributed by atoms with van der Waals surface area (Å²) in [6, 6.07) is 6.38. The van der Waals surface area contributed by atoms with Gasteiger partial charge in [-0.3, -0.25) is 4.98 Å². The summed E-state index contributed by atoms with van der Waals surface area (Å²) in [5.41, 5.74) is 8.28. The Labute approximate surface area is 97.9 Å². The summed E-state index contributed by atoms with van der Waals surface area (Å²) in [7, 11) is 0. The Bertz CT molecular complexity index is 514. The van der Waals surface area contributed by atoms with Crippen LogP contribution in [0, 0.1) is 5.82 Å². The molecule has 0 spiro atoms. The highest BCUT2D eigenvalue weighted by Crippen LogP contribution is 2.20. The third kappa shape index (κ3) is 2.31. The Hall–Kier alpha value is -1.61. The monoisotopic (exact) mass is 236 g/mol. The van der Waals surface area contributed by atoms with Crippen LogP contribution in [-0.4, -0.2) is 4.98 Å². The fraction of sp³-hybridized carbons (Fsp3) is 0.0833. The standard InChI is InChI=1S/C12H10ClFN2/c13-10-6-8(1-2-11(10)14)5-9-7-16-4-3-12(9)15/h1-4,6-7H,5H2,(H2,15,16). The maximum atomic E-state index is 12.9. The van der Waals surface area contributed by atoms with Gasteiger partial charge in [0.05, 0.1) is 5.02 Å². The van der Waals surface area contributed by atoms with E-state index in [1.54, 1.807) is 30.6 Å². The molecule has 0 aliphatic heterocycles. The van der Waals surface area contributed by atoms with Crippen LogP contribution in [0.3, 0.4) is 0 Å². The summed E-state index contributed by atoms with van der Waals surface area (Å²) in [5, 5.41) is 0.125. The van der Waals surface area contributed by atoms with E-state index < -0.39 is 5.82 Å². The van der Waals surface area contributed by atoms with E-state index in [4.69, 9.17) is 17.3 Å². The molecule has 2 rings (SSSR count). The predicted molar refractivity (Wildman–Crippen MR) is 62.9 cm³/mol. The fourth-order valence-corrected chi connectivity index (χ4v) is 1.66. The van der Waals surface area contributed by atoms with E-state index in [2.05, 4.69) is 4.98 Å². The van der Waals surface area contributed by atoms with Crippen LogP contribution in [0.1, 0.15) is 11.1 Å². The maximum Gasteiger partial charge on any atom is 0.141 e. The molecule has 0 aliphatic carbocycles. The third-order valence-corrected chi connectivity index (χ3v) is 2.61. The number of nitrogens with two attached hydrogens (primary N) is 1. The van der Waals surface area contributed by atoms with Gasteiger partial charge in [-0.2, -0.15) is 0 Å². The van der Waals surface area contributed by atoms with Gasteiger partial charge in [0, 0.05) is 24.5 Å². The van der Waals surface area contributed by atoms with E-state index in [0.29, 0.717) is 12.1 Å². The number of pyridine rings is 1. The van der Waals surface area contributed by atoms with Crippen LogP contribution in [0.5, 0.6) is 0 Å². The van der Waals surface area contributed by atoms with Crippen molar-refractivity contribution in [3.63, 3.8) is 0 Å². The largest absolute Gasteiger partial charge is 0.398 e. The van der Waals surface area contributed by atoms with Crippen molar-refractivity contribution in [2.45, 2.75) is 6.42 Å². The Kier molecular flexibility index (Phi) is 3.06. The first-order valence-electron chi connectivity index (χ1n) is 4.79. The third-order valence-electron chi connectivity index (χ3n) is 2.32. The zero-order chi connectivity index (χ0) is 11.5. The van der Waals surface area contributed by atoms with Gasteiger partial charge >= 0.3 is 0 Å². The molecule has 2 nitrogen and oxygen atoms in total. The summed E-state index contributed by atoms with van der Waals surface area (Å²) >= 11 is 5.70. The van der Waals surface area contributed by atoms with Crippen LogP contribution in [-0.2, 0) is 6.42 Å². The normalized spacial score (nSPS) is 10.4. The molecule has 1 aromatic heterocycles. The molecule has 4 heteroatoms. The second-order valence-corrected chi connectivity index (χ2v) is 3.91. The molecule has 0 amide bonds. The molecule has 2 aromatic rings. The average molecular weight is 237 g/mol. The molecule has 0 bridgehead atoms. The Morgan fingerprint density at radius 1 is 1.31 bits per heavy atom. The number of aromatic nitrogens is 1. The highest BCUT2D eigenvalue weighted by molar-refractivity contribution is 6.30. The molecule has 0 saturated heterocycles. The first-order chi connectivity index (χ1) is 7.66. The van der Waals surface area contributed by atoms with Crippen LogP contribution < -0.4 is 5.73 Å². The lowest BCUT2D eigenvalue weighted by Crippen LogP contribution is -1.96. The van der Waals surface area contributed by atoms with Gasteiger partial charge in [0.1, 0.15) is 5.82 Å². The molecule has 0 atom stereocenters.